The minimum atomic E-state index is -4.04. The molecule has 0 aromatic heterocycles. The van der Waals surface area contributed by atoms with Gasteiger partial charge < -0.3 is 10.6 Å². The zero-order chi connectivity index (χ0) is 10.8. The van der Waals surface area contributed by atoms with Gasteiger partial charge in [-0.15, -0.1) is 0 Å². The number of alkyl halides is 3. The largest absolute Gasteiger partial charge is 0.390 e. The van der Waals surface area contributed by atoms with Gasteiger partial charge in [-0.2, -0.15) is 13.2 Å². The zero-order valence-corrected chi connectivity index (χ0v) is 8.35. The van der Waals surface area contributed by atoms with E-state index >= 15 is 0 Å². The Balaban J connectivity index is 2.23. The molecule has 5 heteroatoms. The highest BCUT2D eigenvalue weighted by molar-refractivity contribution is 4.80. The van der Waals surface area contributed by atoms with E-state index < -0.39 is 12.6 Å². The Morgan fingerprint density at radius 1 is 1.50 bits per heavy atom. The summed E-state index contributed by atoms with van der Waals surface area (Å²) in [6.45, 7) is 3.50. The molecule has 1 saturated heterocycles. The molecule has 84 valence electrons. The standard InChI is InChI=1S/C9H17F3N2/c1-7(13)8-2-4-14(6-8)5-3-9(10,11)12/h7-8H,2-6,13H2,1H3. The molecule has 1 heterocycles. The van der Waals surface area contributed by atoms with Crippen LogP contribution >= 0.6 is 0 Å². The number of rotatable bonds is 3. The quantitative estimate of drug-likeness (QED) is 0.766. The predicted molar refractivity (Wildman–Crippen MR) is 48.9 cm³/mol. The SMILES string of the molecule is CC(N)C1CCN(CCC(F)(F)F)C1. The topological polar surface area (TPSA) is 29.3 Å². The second kappa shape index (κ2) is 4.49. The van der Waals surface area contributed by atoms with Gasteiger partial charge in [-0.05, 0) is 25.8 Å². The van der Waals surface area contributed by atoms with Crippen molar-refractivity contribution in [2.24, 2.45) is 11.7 Å². The third-order valence-corrected chi connectivity index (χ3v) is 2.76. The first-order valence-corrected chi connectivity index (χ1v) is 4.93. The van der Waals surface area contributed by atoms with E-state index in [0.29, 0.717) is 12.5 Å². The smallest absolute Gasteiger partial charge is 0.328 e. The first-order valence-electron chi connectivity index (χ1n) is 4.93. The molecular weight excluding hydrogens is 193 g/mol. The Bertz CT molecular complexity index is 179. The van der Waals surface area contributed by atoms with Crippen molar-refractivity contribution in [3.05, 3.63) is 0 Å². The summed E-state index contributed by atoms with van der Waals surface area (Å²) in [4.78, 5) is 1.85. The van der Waals surface area contributed by atoms with E-state index in [4.69, 9.17) is 5.73 Å². The Morgan fingerprint density at radius 3 is 2.57 bits per heavy atom. The fourth-order valence-corrected chi connectivity index (χ4v) is 1.78. The first kappa shape index (κ1) is 11.8. The highest BCUT2D eigenvalue weighted by atomic mass is 19.4. The van der Waals surface area contributed by atoms with Crippen molar-refractivity contribution in [1.29, 1.82) is 0 Å². The summed E-state index contributed by atoms with van der Waals surface area (Å²) < 4.78 is 35.7. The molecule has 0 radical (unpaired) electrons. The average Bonchev–Trinajstić information content (AvgIpc) is 2.47. The molecule has 1 rings (SSSR count). The summed E-state index contributed by atoms with van der Waals surface area (Å²) in [7, 11) is 0. The van der Waals surface area contributed by atoms with Crippen LogP contribution in [-0.4, -0.2) is 36.8 Å². The molecule has 1 aliphatic rings. The van der Waals surface area contributed by atoms with E-state index in [0.717, 1.165) is 13.0 Å². The van der Waals surface area contributed by atoms with Crippen LogP contribution in [0, 0.1) is 5.92 Å². The van der Waals surface area contributed by atoms with Gasteiger partial charge in [0.15, 0.2) is 0 Å². The minimum Gasteiger partial charge on any atom is -0.328 e. The van der Waals surface area contributed by atoms with Crippen LogP contribution in [0.4, 0.5) is 13.2 Å². The maximum Gasteiger partial charge on any atom is 0.390 e. The van der Waals surface area contributed by atoms with Gasteiger partial charge in [0.05, 0.1) is 6.42 Å². The van der Waals surface area contributed by atoms with Crippen molar-refractivity contribution in [3.8, 4) is 0 Å². The highest BCUT2D eigenvalue weighted by Crippen LogP contribution is 2.23. The molecule has 0 aliphatic carbocycles. The number of nitrogens with zero attached hydrogens (tertiary/aromatic N) is 1. The Kier molecular flexibility index (Phi) is 3.78. The molecule has 1 aliphatic heterocycles. The van der Waals surface area contributed by atoms with E-state index in [-0.39, 0.29) is 12.6 Å². The maximum absolute atomic E-state index is 11.9. The predicted octanol–water partition coefficient (Wildman–Crippen LogP) is 1.61. The van der Waals surface area contributed by atoms with E-state index in [1.54, 1.807) is 0 Å². The molecule has 0 aromatic rings. The molecule has 2 unspecified atom stereocenters. The molecule has 2 atom stereocenters. The van der Waals surface area contributed by atoms with Gasteiger partial charge in [0.25, 0.3) is 0 Å². The lowest BCUT2D eigenvalue weighted by molar-refractivity contribution is -0.137. The summed E-state index contributed by atoms with van der Waals surface area (Å²) in [5.41, 5.74) is 5.69. The van der Waals surface area contributed by atoms with Crippen LogP contribution in [-0.2, 0) is 0 Å². The molecule has 0 bridgehead atoms. The second-order valence-corrected chi connectivity index (χ2v) is 4.07. The Hall–Kier alpha value is -0.290. The van der Waals surface area contributed by atoms with Crippen LogP contribution < -0.4 is 5.73 Å². The van der Waals surface area contributed by atoms with E-state index in [1.807, 2.05) is 11.8 Å². The Morgan fingerprint density at radius 2 is 2.14 bits per heavy atom. The molecule has 0 amide bonds. The van der Waals surface area contributed by atoms with Crippen LogP contribution in [0.2, 0.25) is 0 Å². The van der Waals surface area contributed by atoms with Crippen LogP contribution in [0.1, 0.15) is 19.8 Å². The van der Waals surface area contributed by atoms with Crippen LogP contribution in [0.3, 0.4) is 0 Å². The number of likely N-dealkylation sites (tertiary alicyclic amines) is 1. The normalized spacial score (nSPS) is 26.8. The van der Waals surface area contributed by atoms with Gasteiger partial charge in [0.2, 0.25) is 0 Å². The van der Waals surface area contributed by atoms with Crippen molar-refractivity contribution in [2.45, 2.75) is 32.0 Å². The van der Waals surface area contributed by atoms with Gasteiger partial charge >= 0.3 is 6.18 Å². The molecule has 1 fully saturated rings. The molecular formula is C9H17F3N2. The summed E-state index contributed by atoms with van der Waals surface area (Å²) in [5.74, 6) is 0.364. The van der Waals surface area contributed by atoms with Gasteiger partial charge in [0.1, 0.15) is 0 Å². The molecule has 0 saturated carbocycles. The average molecular weight is 210 g/mol. The highest BCUT2D eigenvalue weighted by Gasteiger charge is 2.31. The number of nitrogens with two attached hydrogens (primary N) is 1. The fraction of sp³-hybridized carbons (Fsp3) is 1.00. The van der Waals surface area contributed by atoms with Gasteiger partial charge in [-0.3, -0.25) is 0 Å². The maximum atomic E-state index is 11.9. The molecule has 0 spiro atoms. The van der Waals surface area contributed by atoms with Crippen LogP contribution in [0.5, 0.6) is 0 Å². The number of hydrogen-bond acceptors (Lipinski definition) is 2. The monoisotopic (exact) mass is 210 g/mol. The third kappa shape index (κ3) is 3.84. The van der Waals surface area contributed by atoms with Crippen molar-refractivity contribution in [2.75, 3.05) is 19.6 Å². The zero-order valence-electron chi connectivity index (χ0n) is 8.35. The lowest BCUT2D eigenvalue weighted by Gasteiger charge is -2.18. The molecule has 2 nitrogen and oxygen atoms in total. The molecule has 2 N–H and O–H groups in total. The van der Waals surface area contributed by atoms with E-state index in [2.05, 4.69) is 0 Å². The summed E-state index contributed by atoms with van der Waals surface area (Å²) >= 11 is 0. The Labute approximate surface area is 82.2 Å². The minimum absolute atomic E-state index is 0.0888. The van der Waals surface area contributed by atoms with Crippen LogP contribution in [0.25, 0.3) is 0 Å². The van der Waals surface area contributed by atoms with Crippen molar-refractivity contribution < 1.29 is 13.2 Å². The van der Waals surface area contributed by atoms with Gasteiger partial charge in [0, 0.05) is 19.1 Å². The van der Waals surface area contributed by atoms with E-state index in [1.165, 1.54) is 0 Å². The van der Waals surface area contributed by atoms with Gasteiger partial charge in [-0.1, -0.05) is 0 Å². The summed E-state index contributed by atoms with van der Waals surface area (Å²) in [5, 5.41) is 0. The first-order chi connectivity index (χ1) is 6.38. The summed E-state index contributed by atoms with van der Waals surface area (Å²) in [6.07, 6.45) is -3.82. The van der Waals surface area contributed by atoms with E-state index in [9.17, 15) is 13.2 Å². The second-order valence-electron chi connectivity index (χ2n) is 4.07. The van der Waals surface area contributed by atoms with Gasteiger partial charge in [-0.25, -0.2) is 0 Å². The molecule has 0 aromatic carbocycles. The fourth-order valence-electron chi connectivity index (χ4n) is 1.78. The van der Waals surface area contributed by atoms with Crippen molar-refractivity contribution in [3.63, 3.8) is 0 Å². The van der Waals surface area contributed by atoms with Crippen molar-refractivity contribution in [1.82, 2.24) is 4.90 Å². The van der Waals surface area contributed by atoms with Crippen molar-refractivity contribution >= 4 is 0 Å². The lowest BCUT2D eigenvalue weighted by atomic mass is 10.0. The van der Waals surface area contributed by atoms with Crippen LogP contribution in [0.15, 0.2) is 0 Å². The number of hydrogen-bond donors (Lipinski definition) is 1. The molecule has 14 heavy (non-hydrogen) atoms. The number of halogens is 3. The summed E-state index contributed by atoms with van der Waals surface area (Å²) in [6, 6.07) is 0.0888. The lowest BCUT2D eigenvalue weighted by Crippen LogP contribution is -2.31. The third-order valence-electron chi connectivity index (χ3n) is 2.76.